The number of amides is 3. The molecule has 8 nitrogen and oxygen atoms in total. The predicted molar refractivity (Wildman–Crippen MR) is 133 cm³/mol. The van der Waals surface area contributed by atoms with Crippen LogP contribution >= 0.6 is 0 Å². The van der Waals surface area contributed by atoms with E-state index in [0.29, 0.717) is 32.8 Å². The Hall–Kier alpha value is -2.77. The molecule has 4 aliphatic rings. The zero-order valence-electron chi connectivity index (χ0n) is 20.8. The summed E-state index contributed by atoms with van der Waals surface area (Å²) in [6.07, 6.45) is 6.46. The third-order valence-electron chi connectivity index (χ3n) is 8.51. The third kappa shape index (κ3) is 5.11. The lowest BCUT2D eigenvalue weighted by atomic mass is 9.90. The summed E-state index contributed by atoms with van der Waals surface area (Å²) in [5, 5.41) is 3.23. The van der Waals surface area contributed by atoms with Crippen molar-refractivity contribution in [3.05, 3.63) is 29.8 Å². The molecule has 1 aromatic carbocycles. The molecule has 190 valence electrons. The van der Waals surface area contributed by atoms with E-state index in [1.165, 1.54) is 18.5 Å². The maximum atomic E-state index is 13.1. The van der Waals surface area contributed by atoms with Gasteiger partial charge >= 0.3 is 6.09 Å². The fraction of sp³-hybridized carbons (Fsp3) is 0.667. The molecule has 1 spiro atoms. The van der Waals surface area contributed by atoms with Crippen LogP contribution in [-0.4, -0.2) is 79.6 Å². The first-order valence-corrected chi connectivity index (χ1v) is 13.4. The molecule has 1 unspecified atom stereocenters. The normalized spacial score (nSPS) is 23.9. The van der Waals surface area contributed by atoms with Gasteiger partial charge in [0.1, 0.15) is 0 Å². The van der Waals surface area contributed by atoms with Gasteiger partial charge in [-0.15, -0.1) is 0 Å². The number of likely N-dealkylation sites (tertiary alicyclic amines) is 2. The van der Waals surface area contributed by atoms with Crippen molar-refractivity contribution in [1.82, 2.24) is 15.1 Å². The number of rotatable bonds is 5. The van der Waals surface area contributed by atoms with Gasteiger partial charge in [-0.1, -0.05) is 0 Å². The Morgan fingerprint density at radius 2 is 1.60 bits per heavy atom. The monoisotopic (exact) mass is 482 g/mol. The molecule has 0 aromatic heterocycles. The van der Waals surface area contributed by atoms with Crippen molar-refractivity contribution in [3.63, 3.8) is 0 Å². The predicted octanol–water partition coefficient (Wildman–Crippen LogP) is 3.27. The largest absolute Gasteiger partial charge is 0.450 e. The summed E-state index contributed by atoms with van der Waals surface area (Å²) in [6.45, 7) is 7.07. The fourth-order valence-corrected chi connectivity index (χ4v) is 6.12. The first-order chi connectivity index (χ1) is 17.0. The molecule has 3 saturated heterocycles. The number of benzene rings is 1. The number of nitrogens with one attached hydrogen (secondary N) is 1. The van der Waals surface area contributed by atoms with Crippen LogP contribution in [0.4, 0.5) is 10.5 Å². The van der Waals surface area contributed by atoms with E-state index in [2.05, 4.69) is 22.3 Å². The molecule has 3 heterocycles. The van der Waals surface area contributed by atoms with Crippen molar-refractivity contribution in [2.24, 2.45) is 11.3 Å². The molecule has 0 bridgehead atoms. The summed E-state index contributed by atoms with van der Waals surface area (Å²) in [5.41, 5.74) is 2.02. The van der Waals surface area contributed by atoms with Crippen molar-refractivity contribution >= 4 is 23.6 Å². The topological polar surface area (TPSA) is 82.2 Å². The second kappa shape index (κ2) is 10.1. The van der Waals surface area contributed by atoms with Crippen LogP contribution in [0.2, 0.25) is 0 Å². The Morgan fingerprint density at radius 3 is 2.23 bits per heavy atom. The molecule has 4 fully saturated rings. The molecule has 8 heteroatoms. The van der Waals surface area contributed by atoms with E-state index in [-0.39, 0.29) is 35.3 Å². The smallest absolute Gasteiger partial charge is 0.409 e. The molecule has 35 heavy (non-hydrogen) atoms. The number of anilines is 1. The number of hydrogen-bond donors (Lipinski definition) is 1. The molecule has 1 atom stereocenters. The SMILES string of the molecule is CCOC(=O)N1CCC(NC(=O)C2CC23CCN(C(=O)c2ccc(N4CCCC4)cc2)CC3)CC1. The highest BCUT2D eigenvalue weighted by Gasteiger charge is 2.58. The highest BCUT2D eigenvalue weighted by molar-refractivity contribution is 5.94. The molecule has 0 radical (unpaired) electrons. The minimum Gasteiger partial charge on any atom is -0.450 e. The van der Waals surface area contributed by atoms with Gasteiger partial charge in [-0.25, -0.2) is 4.79 Å². The number of carbonyl (C=O) groups excluding carboxylic acids is 3. The van der Waals surface area contributed by atoms with Gasteiger partial charge in [0.15, 0.2) is 0 Å². The molecule has 3 aliphatic heterocycles. The van der Waals surface area contributed by atoms with E-state index in [9.17, 15) is 14.4 Å². The zero-order chi connectivity index (χ0) is 24.4. The van der Waals surface area contributed by atoms with Crippen LogP contribution in [0.3, 0.4) is 0 Å². The molecular formula is C27H38N4O4. The van der Waals surface area contributed by atoms with Crippen LogP contribution in [0, 0.1) is 11.3 Å². The van der Waals surface area contributed by atoms with Crippen molar-refractivity contribution in [3.8, 4) is 0 Å². The molecule has 3 amide bonds. The molecule has 1 aliphatic carbocycles. The van der Waals surface area contributed by atoms with Gasteiger partial charge in [0.05, 0.1) is 6.61 Å². The first kappa shape index (κ1) is 23.9. The number of ether oxygens (including phenoxy) is 1. The van der Waals surface area contributed by atoms with E-state index in [1.807, 2.05) is 24.0 Å². The van der Waals surface area contributed by atoms with Crippen molar-refractivity contribution < 1.29 is 19.1 Å². The van der Waals surface area contributed by atoms with E-state index in [1.54, 1.807) is 4.90 Å². The Balaban J connectivity index is 1.07. The number of carbonyl (C=O) groups is 3. The lowest BCUT2D eigenvalue weighted by Gasteiger charge is -2.34. The first-order valence-electron chi connectivity index (χ1n) is 13.4. The van der Waals surface area contributed by atoms with Gasteiger partial charge in [-0.3, -0.25) is 9.59 Å². The van der Waals surface area contributed by atoms with Crippen LogP contribution in [0.25, 0.3) is 0 Å². The van der Waals surface area contributed by atoms with Gasteiger partial charge in [0.25, 0.3) is 5.91 Å². The van der Waals surface area contributed by atoms with Crippen LogP contribution < -0.4 is 10.2 Å². The second-order valence-electron chi connectivity index (χ2n) is 10.6. The lowest BCUT2D eigenvalue weighted by Crippen LogP contribution is -2.47. The maximum Gasteiger partial charge on any atom is 0.409 e. The summed E-state index contributed by atoms with van der Waals surface area (Å²) in [6, 6.07) is 8.18. The van der Waals surface area contributed by atoms with Crippen molar-refractivity contribution in [1.29, 1.82) is 0 Å². The van der Waals surface area contributed by atoms with E-state index < -0.39 is 0 Å². The van der Waals surface area contributed by atoms with Crippen LogP contribution in [0.1, 0.15) is 62.2 Å². The van der Waals surface area contributed by atoms with Crippen LogP contribution in [-0.2, 0) is 9.53 Å². The Labute approximate surface area is 207 Å². The molecule has 1 aromatic rings. The lowest BCUT2D eigenvalue weighted by molar-refractivity contribution is -0.124. The number of hydrogen-bond acceptors (Lipinski definition) is 5. The molecule has 5 rings (SSSR count). The second-order valence-corrected chi connectivity index (χ2v) is 10.6. The van der Waals surface area contributed by atoms with Crippen LogP contribution in [0.15, 0.2) is 24.3 Å². The van der Waals surface area contributed by atoms with Crippen molar-refractivity contribution in [2.75, 3.05) is 50.8 Å². The summed E-state index contributed by atoms with van der Waals surface area (Å²) in [5.74, 6) is 0.308. The van der Waals surface area contributed by atoms with Gasteiger partial charge in [0.2, 0.25) is 5.91 Å². The summed E-state index contributed by atoms with van der Waals surface area (Å²) in [7, 11) is 0. The van der Waals surface area contributed by atoms with E-state index >= 15 is 0 Å². The Kier molecular flexibility index (Phi) is 6.89. The average molecular weight is 483 g/mol. The Bertz CT molecular complexity index is 927. The molecule has 1 N–H and O–H groups in total. The van der Waals surface area contributed by atoms with E-state index in [4.69, 9.17) is 4.74 Å². The minimum absolute atomic E-state index is 0.0579. The standard InChI is InChI=1S/C27H38N4O4/c1-2-35-26(34)31-15-9-21(10-16-31)28-24(32)23-19-27(23)11-17-30(18-12-27)25(33)20-5-7-22(8-6-20)29-13-3-4-14-29/h5-8,21,23H,2-4,9-19H2,1H3,(H,28,32). The van der Waals surface area contributed by atoms with E-state index in [0.717, 1.165) is 50.8 Å². The van der Waals surface area contributed by atoms with Crippen LogP contribution in [0.5, 0.6) is 0 Å². The molecular weight excluding hydrogens is 444 g/mol. The summed E-state index contributed by atoms with van der Waals surface area (Å²) >= 11 is 0. The number of nitrogens with zero attached hydrogens (tertiary/aromatic N) is 3. The maximum absolute atomic E-state index is 13.1. The summed E-state index contributed by atoms with van der Waals surface area (Å²) < 4.78 is 5.07. The van der Waals surface area contributed by atoms with Gasteiger partial charge in [-0.05, 0) is 81.5 Å². The number of piperidine rings is 2. The average Bonchev–Trinajstić information content (AvgIpc) is 3.30. The molecule has 1 saturated carbocycles. The fourth-order valence-electron chi connectivity index (χ4n) is 6.12. The minimum atomic E-state index is -0.262. The summed E-state index contributed by atoms with van der Waals surface area (Å²) in [4.78, 5) is 43.9. The van der Waals surface area contributed by atoms with Gasteiger partial charge in [0, 0.05) is 62.5 Å². The van der Waals surface area contributed by atoms with Crippen molar-refractivity contribution in [2.45, 2.75) is 57.9 Å². The highest BCUT2D eigenvalue weighted by Crippen LogP contribution is 2.59. The Morgan fingerprint density at radius 1 is 0.943 bits per heavy atom. The highest BCUT2D eigenvalue weighted by atomic mass is 16.6. The van der Waals surface area contributed by atoms with Gasteiger partial charge in [-0.2, -0.15) is 0 Å². The van der Waals surface area contributed by atoms with Gasteiger partial charge < -0.3 is 24.8 Å². The quantitative estimate of drug-likeness (QED) is 0.697. The third-order valence-corrected chi connectivity index (χ3v) is 8.51. The zero-order valence-corrected chi connectivity index (χ0v) is 20.8.